The Kier molecular flexibility index (Phi) is 5.21. The smallest absolute Gasteiger partial charge is 0.237 e. The summed E-state index contributed by atoms with van der Waals surface area (Å²) in [6, 6.07) is 7.29. The van der Waals surface area contributed by atoms with E-state index < -0.39 is 0 Å². The molecule has 2 aromatic rings. The van der Waals surface area contributed by atoms with Gasteiger partial charge in [-0.15, -0.1) is 5.10 Å². The Morgan fingerprint density at radius 1 is 1.43 bits per heavy atom. The summed E-state index contributed by atoms with van der Waals surface area (Å²) in [5.74, 6) is 1.43. The molecule has 7 heteroatoms. The van der Waals surface area contributed by atoms with E-state index in [1.165, 1.54) is 11.8 Å². The highest BCUT2D eigenvalue weighted by atomic mass is 32.2. The van der Waals surface area contributed by atoms with E-state index >= 15 is 0 Å². The molecule has 1 aromatic heterocycles. The topological polar surface area (TPSA) is 79.9 Å². The predicted octanol–water partition coefficient (Wildman–Crippen LogP) is 2.63. The first-order valence-corrected chi connectivity index (χ1v) is 7.56. The molecule has 1 unspecified atom stereocenters. The molecule has 1 aromatic carbocycles. The van der Waals surface area contributed by atoms with E-state index in [9.17, 15) is 4.79 Å². The van der Waals surface area contributed by atoms with E-state index in [1.54, 1.807) is 0 Å². The molecule has 0 saturated carbocycles. The number of nitrogens with one attached hydrogen (secondary N) is 2. The van der Waals surface area contributed by atoms with Gasteiger partial charge in [-0.1, -0.05) is 11.8 Å². The highest BCUT2D eigenvalue weighted by molar-refractivity contribution is 8.00. The average Bonchev–Trinajstić information content (AvgIpc) is 2.86. The lowest BCUT2D eigenvalue weighted by Gasteiger charge is -2.10. The van der Waals surface area contributed by atoms with Gasteiger partial charge in [0.25, 0.3) is 0 Å². The van der Waals surface area contributed by atoms with Crippen LogP contribution in [-0.2, 0) is 4.79 Å². The highest BCUT2D eigenvalue weighted by Gasteiger charge is 2.16. The van der Waals surface area contributed by atoms with Crippen molar-refractivity contribution in [3.05, 3.63) is 30.1 Å². The van der Waals surface area contributed by atoms with E-state index in [0.717, 1.165) is 17.3 Å². The number of aryl methyl sites for hydroxylation is 1. The Hall–Kier alpha value is -2.02. The summed E-state index contributed by atoms with van der Waals surface area (Å²) >= 11 is 1.31. The van der Waals surface area contributed by atoms with Crippen molar-refractivity contribution in [1.29, 1.82) is 0 Å². The van der Waals surface area contributed by atoms with Gasteiger partial charge < -0.3 is 10.1 Å². The van der Waals surface area contributed by atoms with Crippen LogP contribution < -0.4 is 10.1 Å². The monoisotopic (exact) mass is 306 g/mol. The van der Waals surface area contributed by atoms with Gasteiger partial charge in [-0.3, -0.25) is 9.89 Å². The Morgan fingerprint density at radius 2 is 2.14 bits per heavy atom. The standard InChI is InChI=1S/C14H18N4O2S/c1-4-20-12-7-5-11(6-8-12)16-13(19)9(2)21-14-15-10(3)17-18-14/h5-9H,4H2,1-3H3,(H,16,19)(H,15,17,18). The molecule has 0 radical (unpaired) electrons. The molecule has 1 heterocycles. The lowest BCUT2D eigenvalue weighted by Crippen LogP contribution is -2.22. The summed E-state index contributed by atoms with van der Waals surface area (Å²) in [6.45, 7) is 6.19. The second-order valence-corrected chi connectivity index (χ2v) is 5.72. The lowest BCUT2D eigenvalue weighted by molar-refractivity contribution is -0.115. The summed E-state index contributed by atoms with van der Waals surface area (Å²) in [7, 11) is 0. The maximum absolute atomic E-state index is 12.1. The normalized spacial score (nSPS) is 12.0. The van der Waals surface area contributed by atoms with Crippen molar-refractivity contribution < 1.29 is 9.53 Å². The maximum Gasteiger partial charge on any atom is 0.237 e. The summed E-state index contributed by atoms with van der Waals surface area (Å²) in [6.07, 6.45) is 0. The van der Waals surface area contributed by atoms with Crippen LogP contribution in [0.15, 0.2) is 29.4 Å². The van der Waals surface area contributed by atoms with Gasteiger partial charge in [0.1, 0.15) is 11.6 Å². The Labute approximate surface area is 127 Å². The number of aromatic nitrogens is 3. The number of ether oxygens (including phenoxy) is 1. The van der Waals surface area contributed by atoms with Crippen molar-refractivity contribution in [3.63, 3.8) is 0 Å². The van der Waals surface area contributed by atoms with Crippen molar-refractivity contribution >= 4 is 23.4 Å². The predicted molar refractivity (Wildman–Crippen MR) is 82.7 cm³/mol. The van der Waals surface area contributed by atoms with Crippen LogP contribution in [0.5, 0.6) is 5.75 Å². The number of H-pyrrole nitrogens is 1. The lowest BCUT2D eigenvalue weighted by atomic mass is 10.3. The molecular weight excluding hydrogens is 288 g/mol. The fourth-order valence-corrected chi connectivity index (χ4v) is 2.40. The van der Waals surface area contributed by atoms with E-state index in [-0.39, 0.29) is 11.2 Å². The number of carbonyl (C=O) groups is 1. The largest absolute Gasteiger partial charge is 0.494 e. The Bertz CT molecular complexity index is 597. The summed E-state index contributed by atoms with van der Waals surface area (Å²) < 4.78 is 5.36. The van der Waals surface area contributed by atoms with Gasteiger partial charge in [-0.2, -0.15) is 0 Å². The zero-order valence-corrected chi connectivity index (χ0v) is 13.0. The Morgan fingerprint density at radius 3 is 2.71 bits per heavy atom. The van der Waals surface area contributed by atoms with Gasteiger partial charge in [0.2, 0.25) is 11.1 Å². The number of anilines is 1. The van der Waals surface area contributed by atoms with Crippen LogP contribution in [0.1, 0.15) is 19.7 Å². The molecule has 0 saturated heterocycles. The summed E-state index contributed by atoms with van der Waals surface area (Å²) in [5.41, 5.74) is 0.738. The molecule has 112 valence electrons. The number of benzene rings is 1. The Balaban J connectivity index is 1.90. The molecule has 2 N–H and O–H groups in total. The van der Waals surface area contributed by atoms with Crippen LogP contribution in [0, 0.1) is 6.92 Å². The first-order chi connectivity index (χ1) is 10.1. The zero-order chi connectivity index (χ0) is 15.2. The molecule has 1 amide bonds. The van der Waals surface area contributed by atoms with Crippen molar-refractivity contribution in [2.45, 2.75) is 31.2 Å². The minimum atomic E-state index is -0.285. The number of thioether (sulfide) groups is 1. The molecule has 0 fully saturated rings. The molecule has 0 aliphatic carbocycles. The summed E-state index contributed by atoms with van der Waals surface area (Å²) in [4.78, 5) is 16.3. The van der Waals surface area contributed by atoms with Gasteiger partial charge in [0.15, 0.2) is 0 Å². The van der Waals surface area contributed by atoms with Crippen LogP contribution in [-0.4, -0.2) is 32.9 Å². The third kappa shape index (κ3) is 4.49. The van der Waals surface area contributed by atoms with Crippen molar-refractivity contribution in [3.8, 4) is 5.75 Å². The first kappa shape index (κ1) is 15.4. The molecule has 6 nitrogen and oxygen atoms in total. The number of hydrogen-bond acceptors (Lipinski definition) is 5. The molecule has 0 spiro atoms. The quantitative estimate of drug-likeness (QED) is 0.802. The number of rotatable bonds is 6. The maximum atomic E-state index is 12.1. The molecule has 21 heavy (non-hydrogen) atoms. The molecule has 0 aliphatic heterocycles. The van der Waals surface area contributed by atoms with E-state index in [1.807, 2.05) is 45.0 Å². The molecule has 0 bridgehead atoms. The van der Waals surface area contributed by atoms with Gasteiger partial charge in [0.05, 0.1) is 11.9 Å². The third-order valence-electron chi connectivity index (χ3n) is 2.66. The van der Waals surface area contributed by atoms with Crippen molar-refractivity contribution in [1.82, 2.24) is 15.2 Å². The number of nitrogens with zero attached hydrogens (tertiary/aromatic N) is 2. The van der Waals surface area contributed by atoms with Crippen LogP contribution in [0.3, 0.4) is 0 Å². The van der Waals surface area contributed by atoms with Crippen molar-refractivity contribution in [2.24, 2.45) is 0 Å². The van der Waals surface area contributed by atoms with Gasteiger partial charge >= 0.3 is 0 Å². The second-order valence-electron chi connectivity index (χ2n) is 4.41. The van der Waals surface area contributed by atoms with Crippen LogP contribution >= 0.6 is 11.8 Å². The number of aromatic amines is 1. The van der Waals surface area contributed by atoms with Crippen LogP contribution in [0.4, 0.5) is 5.69 Å². The number of hydrogen-bond donors (Lipinski definition) is 2. The van der Waals surface area contributed by atoms with Gasteiger partial charge in [0, 0.05) is 5.69 Å². The van der Waals surface area contributed by atoms with Crippen LogP contribution in [0.2, 0.25) is 0 Å². The fourth-order valence-electron chi connectivity index (χ4n) is 1.63. The zero-order valence-electron chi connectivity index (χ0n) is 12.2. The number of amides is 1. The molecule has 1 atom stereocenters. The minimum absolute atomic E-state index is 0.0911. The van der Waals surface area contributed by atoms with E-state index in [0.29, 0.717) is 11.8 Å². The minimum Gasteiger partial charge on any atom is -0.494 e. The summed E-state index contributed by atoms with van der Waals surface area (Å²) in [5, 5.41) is 9.90. The molecule has 2 rings (SSSR count). The van der Waals surface area contributed by atoms with Crippen LogP contribution in [0.25, 0.3) is 0 Å². The van der Waals surface area contributed by atoms with Crippen molar-refractivity contribution in [2.75, 3.05) is 11.9 Å². The van der Waals surface area contributed by atoms with E-state index in [4.69, 9.17) is 4.74 Å². The number of carbonyl (C=O) groups excluding carboxylic acids is 1. The van der Waals surface area contributed by atoms with E-state index in [2.05, 4.69) is 20.5 Å². The third-order valence-corrected chi connectivity index (χ3v) is 3.62. The first-order valence-electron chi connectivity index (χ1n) is 6.68. The fraction of sp³-hybridized carbons (Fsp3) is 0.357. The van der Waals surface area contributed by atoms with Gasteiger partial charge in [-0.05, 0) is 45.0 Å². The molecule has 0 aliphatic rings. The second kappa shape index (κ2) is 7.12. The average molecular weight is 306 g/mol. The van der Waals surface area contributed by atoms with Gasteiger partial charge in [-0.25, -0.2) is 4.98 Å². The molecular formula is C14H18N4O2S. The SMILES string of the molecule is CCOc1ccc(NC(=O)C(C)Sc2n[nH]c(C)n2)cc1. The highest BCUT2D eigenvalue weighted by Crippen LogP contribution is 2.21.